The summed E-state index contributed by atoms with van der Waals surface area (Å²) in [7, 11) is 0. The lowest BCUT2D eigenvalue weighted by atomic mass is 9.92. The first kappa shape index (κ1) is 14.8. The number of rotatable bonds is 1. The van der Waals surface area contributed by atoms with Crippen molar-refractivity contribution in [2.75, 3.05) is 6.54 Å². The largest absolute Gasteiger partial charge is 0.444 e. The van der Waals surface area contributed by atoms with E-state index in [1.807, 2.05) is 32.9 Å². The highest BCUT2D eigenvalue weighted by Crippen LogP contribution is 2.31. The molecule has 1 amide bonds. The van der Waals surface area contributed by atoms with E-state index in [0.29, 0.717) is 6.54 Å². The number of likely N-dealkylation sites (tertiary alicyclic amines) is 1. The molecule has 110 valence electrons. The van der Waals surface area contributed by atoms with Crippen molar-refractivity contribution >= 4 is 6.09 Å². The van der Waals surface area contributed by atoms with Gasteiger partial charge in [-0.2, -0.15) is 0 Å². The summed E-state index contributed by atoms with van der Waals surface area (Å²) in [6.45, 7) is 6.29. The second-order valence-electron chi connectivity index (χ2n) is 6.21. The number of carbonyl (C=O) groups is 1. The summed E-state index contributed by atoms with van der Waals surface area (Å²) in [5.41, 5.74) is 6.75. The summed E-state index contributed by atoms with van der Waals surface area (Å²) in [6.07, 6.45) is 4.97. The Morgan fingerprint density at radius 2 is 2.05 bits per heavy atom. The Labute approximate surface area is 120 Å². The Hall–Kier alpha value is -1.62. The minimum Gasteiger partial charge on any atom is -0.444 e. The molecule has 5 heteroatoms. The van der Waals surface area contributed by atoms with Gasteiger partial charge in [-0.3, -0.25) is 9.88 Å². The van der Waals surface area contributed by atoms with Crippen molar-refractivity contribution in [3.05, 3.63) is 30.1 Å². The number of carbonyl (C=O) groups excluding carboxylic acids is 1. The number of piperidine rings is 1. The highest BCUT2D eigenvalue weighted by molar-refractivity contribution is 5.69. The molecule has 0 bridgehead atoms. The number of aromatic nitrogens is 1. The van der Waals surface area contributed by atoms with E-state index in [0.717, 1.165) is 18.4 Å². The topological polar surface area (TPSA) is 68.5 Å². The molecule has 2 N–H and O–H groups in total. The Bertz CT molecular complexity index is 456. The van der Waals surface area contributed by atoms with Crippen molar-refractivity contribution in [1.82, 2.24) is 9.88 Å². The second-order valence-corrected chi connectivity index (χ2v) is 6.21. The standard InChI is InChI=1S/C15H23N3O2/c1-15(2,3)20-14(19)18-10-4-5-12(16)13(18)11-6-8-17-9-7-11/h6-9,12-13H,4-5,10,16H2,1-3H3. The second kappa shape index (κ2) is 5.79. The molecule has 2 atom stereocenters. The molecule has 1 aliphatic heterocycles. The van der Waals surface area contributed by atoms with Crippen LogP contribution in [0.4, 0.5) is 4.79 Å². The summed E-state index contributed by atoms with van der Waals surface area (Å²) in [5, 5.41) is 0. The molecule has 0 spiro atoms. The summed E-state index contributed by atoms with van der Waals surface area (Å²) in [4.78, 5) is 18.1. The molecule has 1 aliphatic rings. The molecule has 0 saturated carbocycles. The molecule has 0 aromatic carbocycles. The normalized spacial score (nSPS) is 23.5. The van der Waals surface area contributed by atoms with Gasteiger partial charge >= 0.3 is 6.09 Å². The van der Waals surface area contributed by atoms with Gasteiger partial charge in [-0.05, 0) is 51.3 Å². The first-order valence-corrected chi connectivity index (χ1v) is 7.03. The molecule has 1 aromatic heterocycles. The first-order valence-electron chi connectivity index (χ1n) is 7.03. The lowest BCUT2D eigenvalue weighted by Crippen LogP contribution is -2.49. The summed E-state index contributed by atoms with van der Waals surface area (Å²) in [6, 6.07) is 3.61. The SMILES string of the molecule is CC(C)(C)OC(=O)N1CCCC(N)C1c1ccncc1. The van der Waals surface area contributed by atoms with E-state index < -0.39 is 5.60 Å². The summed E-state index contributed by atoms with van der Waals surface area (Å²) in [5.74, 6) is 0. The van der Waals surface area contributed by atoms with Crippen LogP contribution in [0.5, 0.6) is 0 Å². The first-order chi connectivity index (χ1) is 9.38. The zero-order valence-corrected chi connectivity index (χ0v) is 12.4. The lowest BCUT2D eigenvalue weighted by molar-refractivity contribution is 0.00644. The van der Waals surface area contributed by atoms with Gasteiger partial charge in [0.2, 0.25) is 0 Å². The number of ether oxygens (including phenoxy) is 1. The van der Waals surface area contributed by atoms with Crippen LogP contribution in [0, 0.1) is 0 Å². The van der Waals surface area contributed by atoms with Gasteiger partial charge in [0.25, 0.3) is 0 Å². The number of hydrogen-bond donors (Lipinski definition) is 1. The van der Waals surface area contributed by atoms with Crippen LogP contribution in [0.2, 0.25) is 0 Å². The van der Waals surface area contributed by atoms with Gasteiger partial charge in [0, 0.05) is 25.0 Å². The lowest BCUT2D eigenvalue weighted by Gasteiger charge is -2.40. The Balaban J connectivity index is 2.23. The fraction of sp³-hybridized carbons (Fsp3) is 0.600. The van der Waals surface area contributed by atoms with Gasteiger partial charge in [0.15, 0.2) is 0 Å². The van der Waals surface area contributed by atoms with Crippen molar-refractivity contribution in [2.24, 2.45) is 5.73 Å². The van der Waals surface area contributed by atoms with Gasteiger partial charge in [-0.15, -0.1) is 0 Å². The predicted octanol–water partition coefficient (Wildman–Crippen LogP) is 2.48. The average molecular weight is 277 g/mol. The van der Waals surface area contributed by atoms with E-state index in [4.69, 9.17) is 10.5 Å². The molecule has 2 unspecified atom stereocenters. The number of nitrogens with two attached hydrogens (primary N) is 1. The zero-order chi connectivity index (χ0) is 14.8. The molecular weight excluding hydrogens is 254 g/mol. The van der Waals surface area contributed by atoms with Gasteiger partial charge < -0.3 is 10.5 Å². The van der Waals surface area contributed by atoms with E-state index in [-0.39, 0.29) is 18.2 Å². The fourth-order valence-corrected chi connectivity index (χ4v) is 2.54. The van der Waals surface area contributed by atoms with Crippen LogP contribution in [0.1, 0.15) is 45.2 Å². The predicted molar refractivity (Wildman–Crippen MR) is 77.1 cm³/mol. The number of nitrogens with zero attached hydrogens (tertiary/aromatic N) is 2. The molecule has 0 aliphatic carbocycles. The maximum absolute atomic E-state index is 12.4. The quantitative estimate of drug-likeness (QED) is 0.856. The molecule has 20 heavy (non-hydrogen) atoms. The van der Waals surface area contributed by atoms with E-state index in [1.165, 1.54) is 0 Å². The third-order valence-electron chi connectivity index (χ3n) is 3.35. The maximum Gasteiger partial charge on any atom is 0.410 e. The van der Waals surface area contributed by atoms with Crippen molar-refractivity contribution in [1.29, 1.82) is 0 Å². The molecule has 2 heterocycles. The van der Waals surface area contributed by atoms with Crippen LogP contribution in [0.25, 0.3) is 0 Å². The minimum atomic E-state index is -0.499. The molecule has 0 radical (unpaired) electrons. The molecular formula is C15H23N3O2. The number of amides is 1. The monoisotopic (exact) mass is 277 g/mol. The minimum absolute atomic E-state index is 0.0707. The van der Waals surface area contributed by atoms with Gasteiger partial charge in [-0.25, -0.2) is 4.79 Å². The van der Waals surface area contributed by atoms with Crippen LogP contribution in [-0.2, 0) is 4.74 Å². The van der Waals surface area contributed by atoms with E-state index >= 15 is 0 Å². The zero-order valence-electron chi connectivity index (χ0n) is 12.4. The van der Waals surface area contributed by atoms with E-state index in [2.05, 4.69) is 4.98 Å². The van der Waals surface area contributed by atoms with Crippen LogP contribution in [0.15, 0.2) is 24.5 Å². The van der Waals surface area contributed by atoms with E-state index in [9.17, 15) is 4.79 Å². The van der Waals surface area contributed by atoms with Crippen molar-refractivity contribution in [3.63, 3.8) is 0 Å². The van der Waals surface area contributed by atoms with Crippen molar-refractivity contribution in [3.8, 4) is 0 Å². The molecule has 1 fully saturated rings. The van der Waals surface area contributed by atoms with Gasteiger partial charge in [0.1, 0.15) is 5.60 Å². The van der Waals surface area contributed by atoms with Gasteiger partial charge in [0.05, 0.1) is 6.04 Å². The number of pyridine rings is 1. The molecule has 1 aromatic rings. The Morgan fingerprint density at radius 3 is 2.65 bits per heavy atom. The Kier molecular flexibility index (Phi) is 4.28. The van der Waals surface area contributed by atoms with Gasteiger partial charge in [-0.1, -0.05) is 0 Å². The van der Waals surface area contributed by atoms with Crippen LogP contribution in [-0.4, -0.2) is 34.2 Å². The molecule has 5 nitrogen and oxygen atoms in total. The third-order valence-corrected chi connectivity index (χ3v) is 3.35. The number of hydrogen-bond acceptors (Lipinski definition) is 4. The molecule has 1 saturated heterocycles. The third kappa shape index (κ3) is 3.48. The van der Waals surface area contributed by atoms with Crippen molar-refractivity contribution < 1.29 is 9.53 Å². The summed E-state index contributed by atoms with van der Waals surface area (Å²) >= 11 is 0. The van der Waals surface area contributed by atoms with Crippen molar-refractivity contribution in [2.45, 2.75) is 51.3 Å². The average Bonchev–Trinajstić information content (AvgIpc) is 2.37. The maximum atomic E-state index is 12.4. The van der Waals surface area contributed by atoms with Crippen LogP contribution < -0.4 is 5.73 Å². The van der Waals surface area contributed by atoms with Crippen LogP contribution >= 0.6 is 0 Å². The smallest absolute Gasteiger partial charge is 0.410 e. The fourth-order valence-electron chi connectivity index (χ4n) is 2.54. The van der Waals surface area contributed by atoms with E-state index in [1.54, 1.807) is 17.3 Å². The Morgan fingerprint density at radius 1 is 1.40 bits per heavy atom. The highest BCUT2D eigenvalue weighted by atomic mass is 16.6. The van der Waals surface area contributed by atoms with Crippen LogP contribution in [0.3, 0.4) is 0 Å². The highest BCUT2D eigenvalue weighted by Gasteiger charge is 2.35. The summed E-state index contributed by atoms with van der Waals surface area (Å²) < 4.78 is 5.49. The molecule has 2 rings (SSSR count).